The molecule has 1 rings (SSSR count). The number of methoxy groups -OCH3 is 1. The highest BCUT2D eigenvalue weighted by Gasteiger charge is 2.05. The van der Waals surface area contributed by atoms with Gasteiger partial charge in [-0.05, 0) is 31.9 Å². The minimum atomic E-state index is 0.178. The number of halogens is 1. The van der Waals surface area contributed by atoms with Crippen LogP contribution in [0.3, 0.4) is 0 Å². The standard InChI is InChI=1S/C10H18ClN5O/c1-7(2)13-10-15-8(11)14-9(16-10)12-5-4-6-17-3/h7H,4-6H2,1-3H3,(H2,12,13,14,15,16). The highest BCUT2D eigenvalue weighted by atomic mass is 35.5. The predicted octanol–water partition coefficient (Wildman–Crippen LogP) is 1.79. The fourth-order valence-corrected chi connectivity index (χ4v) is 1.33. The third-order valence-corrected chi connectivity index (χ3v) is 2.00. The number of hydrogen-bond donors (Lipinski definition) is 2. The molecule has 0 unspecified atom stereocenters. The van der Waals surface area contributed by atoms with Crippen molar-refractivity contribution in [3.05, 3.63) is 5.28 Å². The van der Waals surface area contributed by atoms with E-state index in [0.717, 1.165) is 13.0 Å². The number of anilines is 2. The molecule has 0 aliphatic heterocycles. The van der Waals surface area contributed by atoms with Crippen molar-refractivity contribution in [3.8, 4) is 0 Å². The highest BCUT2D eigenvalue weighted by Crippen LogP contribution is 2.10. The fraction of sp³-hybridized carbons (Fsp3) is 0.700. The molecule has 7 heteroatoms. The molecule has 0 bridgehead atoms. The molecule has 0 fully saturated rings. The van der Waals surface area contributed by atoms with E-state index in [1.165, 1.54) is 0 Å². The van der Waals surface area contributed by atoms with Gasteiger partial charge in [-0.15, -0.1) is 0 Å². The van der Waals surface area contributed by atoms with Crippen molar-refractivity contribution in [2.45, 2.75) is 26.3 Å². The summed E-state index contributed by atoms with van der Waals surface area (Å²) >= 11 is 5.81. The van der Waals surface area contributed by atoms with Gasteiger partial charge < -0.3 is 15.4 Å². The zero-order chi connectivity index (χ0) is 12.7. The second-order valence-corrected chi connectivity index (χ2v) is 4.16. The first-order valence-corrected chi connectivity index (χ1v) is 5.90. The molecule has 0 aliphatic rings. The van der Waals surface area contributed by atoms with Crippen LogP contribution in [-0.2, 0) is 4.74 Å². The Morgan fingerprint density at radius 2 is 1.94 bits per heavy atom. The molecule has 0 saturated heterocycles. The van der Waals surface area contributed by atoms with E-state index in [2.05, 4.69) is 25.6 Å². The molecular weight excluding hydrogens is 242 g/mol. The van der Waals surface area contributed by atoms with Crippen LogP contribution >= 0.6 is 11.6 Å². The van der Waals surface area contributed by atoms with Crippen molar-refractivity contribution >= 4 is 23.5 Å². The molecule has 1 aromatic rings. The van der Waals surface area contributed by atoms with Gasteiger partial charge in [-0.25, -0.2) is 0 Å². The summed E-state index contributed by atoms with van der Waals surface area (Å²) < 4.78 is 4.95. The van der Waals surface area contributed by atoms with Crippen LogP contribution in [0.25, 0.3) is 0 Å². The molecule has 0 radical (unpaired) electrons. The summed E-state index contributed by atoms with van der Waals surface area (Å²) in [6, 6.07) is 0.245. The van der Waals surface area contributed by atoms with E-state index in [-0.39, 0.29) is 11.3 Å². The Morgan fingerprint density at radius 1 is 1.24 bits per heavy atom. The molecule has 96 valence electrons. The van der Waals surface area contributed by atoms with Crippen LogP contribution in [-0.4, -0.2) is 41.3 Å². The Morgan fingerprint density at radius 3 is 2.59 bits per heavy atom. The van der Waals surface area contributed by atoms with Gasteiger partial charge in [0, 0.05) is 26.3 Å². The highest BCUT2D eigenvalue weighted by molar-refractivity contribution is 6.28. The summed E-state index contributed by atoms with van der Waals surface area (Å²) in [6.07, 6.45) is 0.882. The first kappa shape index (κ1) is 13.9. The zero-order valence-corrected chi connectivity index (χ0v) is 11.1. The van der Waals surface area contributed by atoms with Gasteiger partial charge in [0.25, 0.3) is 0 Å². The van der Waals surface area contributed by atoms with Crippen LogP contribution in [0.4, 0.5) is 11.9 Å². The van der Waals surface area contributed by atoms with Gasteiger partial charge in [0.1, 0.15) is 0 Å². The summed E-state index contributed by atoms with van der Waals surface area (Å²) in [6.45, 7) is 5.44. The van der Waals surface area contributed by atoms with E-state index in [0.29, 0.717) is 18.5 Å². The maximum Gasteiger partial charge on any atom is 0.228 e. The third-order valence-electron chi connectivity index (χ3n) is 1.83. The van der Waals surface area contributed by atoms with Crippen LogP contribution in [0.2, 0.25) is 5.28 Å². The molecule has 0 spiro atoms. The summed E-state index contributed by atoms with van der Waals surface area (Å²) in [5.41, 5.74) is 0. The molecule has 0 aromatic carbocycles. The van der Waals surface area contributed by atoms with Crippen molar-refractivity contribution in [3.63, 3.8) is 0 Å². The largest absolute Gasteiger partial charge is 0.385 e. The SMILES string of the molecule is COCCCNc1nc(Cl)nc(NC(C)C)n1. The summed E-state index contributed by atoms with van der Waals surface area (Å²) in [5.74, 6) is 0.957. The van der Waals surface area contributed by atoms with Crippen molar-refractivity contribution < 1.29 is 4.74 Å². The lowest BCUT2D eigenvalue weighted by atomic mass is 10.4. The van der Waals surface area contributed by atoms with Crippen LogP contribution in [0.5, 0.6) is 0 Å². The second-order valence-electron chi connectivity index (χ2n) is 3.82. The monoisotopic (exact) mass is 259 g/mol. The van der Waals surface area contributed by atoms with Crippen LogP contribution in [0.15, 0.2) is 0 Å². The lowest BCUT2D eigenvalue weighted by molar-refractivity contribution is 0.197. The molecular formula is C10H18ClN5O. The van der Waals surface area contributed by atoms with Gasteiger partial charge >= 0.3 is 0 Å². The topological polar surface area (TPSA) is 72.0 Å². The normalized spacial score (nSPS) is 10.6. The average molecular weight is 260 g/mol. The van der Waals surface area contributed by atoms with Gasteiger partial charge in [-0.1, -0.05) is 0 Å². The van der Waals surface area contributed by atoms with Gasteiger partial charge in [0.15, 0.2) is 0 Å². The minimum absolute atomic E-state index is 0.178. The van der Waals surface area contributed by atoms with Crippen molar-refractivity contribution in [1.82, 2.24) is 15.0 Å². The number of aromatic nitrogens is 3. The summed E-state index contributed by atoms with van der Waals surface area (Å²) in [5, 5.41) is 6.32. The average Bonchev–Trinajstić information content (AvgIpc) is 2.22. The van der Waals surface area contributed by atoms with E-state index in [1.807, 2.05) is 13.8 Å². The van der Waals surface area contributed by atoms with Crippen molar-refractivity contribution in [2.24, 2.45) is 0 Å². The molecule has 0 aliphatic carbocycles. The number of hydrogen-bond acceptors (Lipinski definition) is 6. The smallest absolute Gasteiger partial charge is 0.228 e. The number of nitrogens with one attached hydrogen (secondary N) is 2. The van der Waals surface area contributed by atoms with Gasteiger partial charge in [0.05, 0.1) is 0 Å². The van der Waals surface area contributed by atoms with Crippen LogP contribution in [0.1, 0.15) is 20.3 Å². The maximum absolute atomic E-state index is 5.81. The van der Waals surface area contributed by atoms with E-state index in [9.17, 15) is 0 Å². The molecule has 0 saturated carbocycles. The lowest BCUT2D eigenvalue weighted by Gasteiger charge is -2.10. The van der Waals surface area contributed by atoms with E-state index >= 15 is 0 Å². The Labute approximate surface area is 106 Å². The summed E-state index contributed by atoms with van der Waals surface area (Å²) in [7, 11) is 1.67. The van der Waals surface area contributed by atoms with E-state index < -0.39 is 0 Å². The van der Waals surface area contributed by atoms with Crippen molar-refractivity contribution in [2.75, 3.05) is 30.9 Å². The van der Waals surface area contributed by atoms with Crippen LogP contribution in [0, 0.1) is 0 Å². The zero-order valence-electron chi connectivity index (χ0n) is 10.3. The molecule has 17 heavy (non-hydrogen) atoms. The molecule has 0 amide bonds. The molecule has 0 atom stereocenters. The molecule has 1 heterocycles. The second kappa shape index (κ2) is 7.24. The lowest BCUT2D eigenvalue weighted by Crippen LogP contribution is -2.15. The Bertz CT molecular complexity index is 347. The predicted molar refractivity (Wildman–Crippen MR) is 68.6 cm³/mol. The number of ether oxygens (including phenoxy) is 1. The minimum Gasteiger partial charge on any atom is -0.385 e. The first-order valence-electron chi connectivity index (χ1n) is 5.52. The van der Waals surface area contributed by atoms with E-state index in [4.69, 9.17) is 16.3 Å². The molecule has 1 aromatic heterocycles. The summed E-state index contributed by atoms with van der Waals surface area (Å²) in [4.78, 5) is 12.2. The van der Waals surface area contributed by atoms with Gasteiger partial charge in [-0.3, -0.25) is 0 Å². The van der Waals surface area contributed by atoms with Gasteiger partial charge in [-0.2, -0.15) is 15.0 Å². The van der Waals surface area contributed by atoms with Crippen molar-refractivity contribution in [1.29, 1.82) is 0 Å². The quantitative estimate of drug-likeness (QED) is 0.728. The van der Waals surface area contributed by atoms with E-state index in [1.54, 1.807) is 7.11 Å². The maximum atomic E-state index is 5.81. The number of nitrogens with zero attached hydrogens (tertiary/aromatic N) is 3. The Hall–Kier alpha value is -1.14. The third kappa shape index (κ3) is 5.65. The Balaban J connectivity index is 2.56. The first-order chi connectivity index (χ1) is 8.11. The van der Waals surface area contributed by atoms with Crippen LogP contribution < -0.4 is 10.6 Å². The fourth-order valence-electron chi connectivity index (χ4n) is 1.17. The van der Waals surface area contributed by atoms with Gasteiger partial charge in [0.2, 0.25) is 17.2 Å². The Kier molecular flexibility index (Phi) is 5.93. The molecule has 6 nitrogen and oxygen atoms in total. The molecule has 2 N–H and O–H groups in total. The number of rotatable bonds is 7.